The number of rotatable bonds is 1. The van der Waals surface area contributed by atoms with Crippen LogP contribution in [0.2, 0.25) is 0 Å². The van der Waals surface area contributed by atoms with E-state index in [4.69, 9.17) is 0 Å². The molecular weight excluding hydrogens is 238 g/mol. The lowest BCUT2D eigenvalue weighted by molar-refractivity contribution is 0.482. The van der Waals surface area contributed by atoms with E-state index in [0.717, 1.165) is 22.2 Å². The maximum absolute atomic E-state index is 11.4. The van der Waals surface area contributed by atoms with Gasteiger partial charge >= 0.3 is 0 Å². The van der Waals surface area contributed by atoms with Gasteiger partial charge in [0.15, 0.2) is 0 Å². The number of H-pyrrole nitrogens is 1. The van der Waals surface area contributed by atoms with Crippen molar-refractivity contribution in [3.8, 4) is 0 Å². The van der Waals surface area contributed by atoms with Gasteiger partial charge in [-0.25, -0.2) is 0 Å². The second-order valence-corrected chi connectivity index (χ2v) is 5.78. The number of nitrogens with one attached hydrogen (secondary N) is 1. The molecule has 0 atom stereocenters. The predicted octanol–water partition coefficient (Wildman–Crippen LogP) is 2.65. The first-order valence-corrected chi connectivity index (χ1v) is 6.74. The second kappa shape index (κ2) is 3.58. The molecule has 0 aliphatic carbocycles. The van der Waals surface area contributed by atoms with Gasteiger partial charge in [-0.15, -0.1) is 0 Å². The lowest BCUT2D eigenvalue weighted by Crippen LogP contribution is -2.04. The Balaban J connectivity index is 3.03. The molecule has 0 radical (unpaired) electrons. The third-order valence-corrected chi connectivity index (χ3v) is 4.37. The fraction of sp³-hybridized carbons (Fsp3) is 0.333. The molecule has 0 saturated carbocycles. The van der Waals surface area contributed by atoms with Crippen LogP contribution in [0.15, 0.2) is 11.0 Å². The van der Waals surface area contributed by atoms with Gasteiger partial charge in [-0.2, -0.15) is 8.42 Å². The molecule has 1 aromatic heterocycles. The zero-order chi connectivity index (χ0) is 13.0. The van der Waals surface area contributed by atoms with Crippen molar-refractivity contribution in [3.63, 3.8) is 0 Å². The molecule has 0 spiro atoms. The summed E-state index contributed by atoms with van der Waals surface area (Å²) in [5, 5.41) is 0.876. The molecule has 1 heterocycles. The normalized spacial score (nSPS) is 12.3. The van der Waals surface area contributed by atoms with Crippen molar-refractivity contribution in [3.05, 3.63) is 28.5 Å². The van der Waals surface area contributed by atoms with E-state index in [0.29, 0.717) is 11.1 Å². The average Bonchev–Trinajstić information content (AvgIpc) is 2.39. The van der Waals surface area contributed by atoms with Crippen molar-refractivity contribution in [1.82, 2.24) is 4.98 Å². The van der Waals surface area contributed by atoms with E-state index in [9.17, 15) is 13.0 Å². The van der Waals surface area contributed by atoms with Crippen LogP contribution in [0.1, 0.15) is 22.4 Å². The van der Waals surface area contributed by atoms with Crippen molar-refractivity contribution in [1.29, 1.82) is 0 Å². The van der Waals surface area contributed by atoms with Gasteiger partial charge in [0.25, 0.3) is 10.1 Å². The highest BCUT2D eigenvalue weighted by atomic mass is 32.2. The fourth-order valence-electron chi connectivity index (χ4n) is 2.43. The summed E-state index contributed by atoms with van der Waals surface area (Å²) in [6.45, 7) is 7.28. The highest BCUT2D eigenvalue weighted by molar-refractivity contribution is 7.86. The van der Waals surface area contributed by atoms with Gasteiger partial charge in [-0.05, 0) is 50.5 Å². The van der Waals surface area contributed by atoms with Gasteiger partial charge in [0.2, 0.25) is 0 Å². The third kappa shape index (κ3) is 1.75. The minimum absolute atomic E-state index is 0.0205. The molecular formula is C12H15NO3S. The Morgan fingerprint density at radius 1 is 1.12 bits per heavy atom. The Kier molecular flexibility index (Phi) is 2.56. The van der Waals surface area contributed by atoms with E-state index in [2.05, 4.69) is 4.98 Å². The third-order valence-electron chi connectivity index (χ3n) is 3.22. The van der Waals surface area contributed by atoms with Crippen molar-refractivity contribution < 1.29 is 13.0 Å². The molecule has 0 fully saturated rings. The molecule has 5 heteroatoms. The maximum Gasteiger partial charge on any atom is 0.295 e. The highest BCUT2D eigenvalue weighted by Crippen LogP contribution is 2.31. The number of aromatic nitrogens is 1. The van der Waals surface area contributed by atoms with Crippen LogP contribution in [0, 0.1) is 27.7 Å². The van der Waals surface area contributed by atoms with Crippen LogP contribution in [0.5, 0.6) is 0 Å². The maximum atomic E-state index is 11.4. The Labute approximate surface area is 100 Å². The second-order valence-electron chi connectivity index (χ2n) is 4.42. The first-order valence-electron chi connectivity index (χ1n) is 5.30. The van der Waals surface area contributed by atoms with Gasteiger partial charge in [0.1, 0.15) is 4.90 Å². The van der Waals surface area contributed by atoms with E-state index in [1.165, 1.54) is 0 Å². The minimum Gasteiger partial charge on any atom is -0.358 e. The Morgan fingerprint density at radius 3 is 2.24 bits per heavy atom. The summed E-state index contributed by atoms with van der Waals surface area (Å²) < 4.78 is 32.0. The summed E-state index contributed by atoms with van der Waals surface area (Å²) in [5.74, 6) is 0. The van der Waals surface area contributed by atoms with Crippen molar-refractivity contribution in [2.24, 2.45) is 0 Å². The molecule has 92 valence electrons. The topological polar surface area (TPSA) is 70.2 Å². The molecule has 0 unspecified atom stereocenters. The number of hydrogen-bond acceptors (Lipinski definition) is 2. The summed E-state index contributed by atoms with van der Waals surface area (Å²) in [6.07, 6.45) is 0. The smallest absolute Gasteiger partial charge is 0.295 e. The quantitative estimate of drug-likeness (QED) is 0.767. The Morgan fingerprint density at radius 2 is 1.71 bits per heavy atom. The molecule has 1 aromatic carbocycles. The molecule has 0 amide bonds. The van der Waals surface area contributed by atoms with E-state index in [1.807, 2.05) is 13.8 Å². The van der Waals surface area contributed by atoms with Gasteiger partial charge in [-0.3, -0.25) is 4.55 Å². The zero-order valence-corrected chi connectivity index (χ0v) is 11.1. The van der Waals surface area contributed by atoms with Crippen LogP contribution in [-0.4, -0.2) is 18.0 Å². The molecule has 0 aliphatic rings. The average molecular weight is 253 g/mol. The number of aryl methyl sites for hydroxylation is 4. The summed E-state index contributed by atoms with van der Waals surface area (Å²) in [4.78, 5) is 3.23. The Bertz CT molecular complexity index is 711. The van der Waals surface area contributed by atoms with Gasteiger partial charge in [-0.1, -0.05) is 0 Å². The monoisotopic (exact) mass is 253 g/mol. The molecule has 2 aromatic rings. The lowest BCUT2D eigenvalue weighted by Gasteiger charge is -2.08. The van der Waals surface area contributed by atoms with Crippen molar-refractivity contribution in [2.45, 2.75) is 32.6 Å². The van der Waals surface area contributed by atoms with Crippen LogP contribution < -0.4 is 0 Å². The predicted molar refractivity (Wildman–Crippen MR) is 67.1 cm³/mol. The summed E-state index contributed by atoms with van der Waals surface area (Å²) >= 11 is 0. The molecule has 17 heavy (non-hydrogen) atoms. The first-order chi connectivity index (χ1) is 7.73. The largest absolute Gasteiger partial charge is 0.358 e. The molecule has 0 aliphatic heterocycles. The molecule has 0 bridgehead atoms. The van der Waals surface area contributed by atoms with Crippen LogP contribution in [0.3, 0.4) is 0 Å². The van der Waals surface area contributed by atoms with Crippen molar-refractivity contribution >= 4 is 21.0 Å². The van der Waals surface area contributed by atoms with E-state index in [-0.39, 0.29) is 4.90 Å². The number of benzene rings is 1. The SMILES string of the molecule is Cc1cc2[nH]c(C)c(C)c2c(C)c1S(=O)(=O)O. The number of fused-ring (bicyclic) bond motifs is 1. The standard InChI is InChI=1S/C12H15NO3S/c1-6-5-10-11(7(2)9(4)13-10)8(3)12(6)17(14,15)16/h5,13H,1-4H3,(H,14,15,16). The number of aromatic amines is 1. The summed E-state index contributed by atoms with van der Waals surface area (Å²) in [5.41, 5.74) is 4.09. The van der Waals surface area contributed by atoms with Gasteiger partial charge in [0.05, 0.1) is 0 Å². The fourth-order valence-corrected chi connectivity index (χ4v) is 3.38. The molecule has 2 rings (SSSR count). The van der Waals surface area contributed by atoms with Crippen LogP contribution >= 0.6 is 0 Å². The zero-order valence-electron chi connectivity index (χ0n) is 10.2. The van der Waals surface area contributed by atoms with E-state index in [1.54, 1.807) is 19.9 Å². The molecule has 0 saturated heterocycles. The van der Waals surface area contributed by atoms with E-state index >= 15 is 0 Å². The Hall–Kier alpha value is -1.33. The molecule has 4 nitrogen and oxygen atoms in total. The molecule has 2 N–H and O–H groups in total. The van der Waals surface area contributed by atoms with Crippen LogP contribution in [0.4, 0.5) is 0 Å². The van der Waals surface area contributed by atoms with Crippen molar-refractivity contribution in [2.75, 3.05) is 0 Å². The van der Waals surface area contributed by atoms with E-state index < -0.39 is 10.1 Å². The minimum atomic E-state index is -4.18. The van der Waals surface area contributed by atoms with Gasteiger partial charge < -0.3 is 4.98 Å². The van der Waals surface area contributed by atoms with Gasteiger partial charge in [0, 0.05) is 16.6 Å². The first kappa shape index (κ1) is 12.1. The van der Waals surface area contributed by atoms with Crippen LogP contribution in [0.25, 0.3) is 10.9 Å². The highest BCUT2D eigenvalue weighted by Gasteiger charge is 2.20. The summed E-state index contributed by atoms with van der Waals surface area (Å²) in [7, 11) is -4.18. The van der Waals surface area contributed by atoms with Crippen LogP contribution in [-0.2, 0) is 10.1 Å². The number of hydrogen-bond donors (Lipinski definition) is 2. The summed E-state index contributed by atoms with van der Waals surface area (Å²) in [6, 6.07) is 1.76. The lowest BCUT2D eigenvalue weighted by atomic mass is 10.0.